The highest BCUT2D eigenvalue weighted by Crippen LogP contribution is 2.39. The molecule has 0 saturated heterocycles. The lowest BCUT2D eigenvalue weighted by atomic mass is 10.1. The van der Waals surface area contributed by atoms with Crippen molar-refractivity contribution in [2.75, 3.05) is 32.7 Å². The van der Waals surface area contributed by atoms with Crippen molar-refractivity contribution in [3.63, 3.8) is 0 Å². The average molecular weight is 331 g/mol. The fraction of sp³-hybridized carbons (Fsp3) is 0.250. The van der Waals surface area contributed by atoms with Gasteiger partial charge in [-0.3, -0.25) is 0 Å². The number of anilines is 1. The summed E-state index contributed by atoms with van der Waals surface area (Å²) in [5.74, 6) is 2.08. The van der Waals surface area contributed by atoms with E-state index in [9.17, 15) is 0 Å². The van der Waals surface area contributed by atoms with E-state index in [0.29, 0.717) is 18.0 Å². The minimum Gasteiger partial charge on any atom is -0.493 e. The molecule has 0 saturated carbocycles. The Labute approximate surface area is 137 Å². The number of methoxy groups -OCH3 is 2. The molecule has 120 valence electrons. The fourth-order valence-corrected chi connectivity index (χ4v) is 3.32. The van der Waals surface area contributed by atoms with Crippen LogP contribution in [0.4, 0.5) is 5.82 Å². The van der Waals surface area contributed by atoms with Crippen molar-refractivity contribution >= 4 is 27.4 Å². The first-order valence-corrected chi connectivity index (χ1v) is 7.95. The number of hydrogen-bond acceptors (Lipinski definition) is 7. The summed E-state index contributed by atoms with van der Waals surface area (Å²) in [6, 6.07) is 5.79. The van der Waals surface area contributed by atoms with Crippen LogP contribution in [0.15, 0.2) is 29.9 Å². The molecule has 2 N–H and O–H groups in total. The molecular formula is C16H17N3O3S. The van der Waals surface area contributed by atoms with Crippen molar-refractivity contribution in [1.29, 1.82) is 0 Å². The van der Waals surface area contributed by atoms with Crippen LogP contribution in [-0.4, -0.2) is 42.4 Å². The highest BCUT2D eigenvalue weighted by molar-refractivity contribution is 7.17. The Kier molecular flexibility index (Phi) is 4.59. The van der Waals surface area contributed by atoms with Crippen LogP contribution in [-0.2, 0) is 0 Å². The number of benzene rings is 1. The van der Waals surface area contributed by atoms with E-state index in [-0.39, 0.29) is 6.61 Å². The van der Waals surface area contributed by atoms with Gasteiger partial charge >= 0.3 is 0 Å². The van der Waals surface area contributed by atoms with Gasteiger partial charge in [0.1, 0.15) is 17.0 Å². The summed E-state index contributed by atoms with van der Waals surface area (Å²) < 4.78 is 10.7. The molecule has 0 aliphatic heterocycles. The molecule has 0 aliphatic rings. The SMILES string of the molecule is COc1ccc(-c2csc3ncnc(NCCO)c23)cc1OC. The van der Waals surface area contributed by atoms with E-state index in [2.05, 4.69) is 15.3 Å². The van der Waals surface area contributed by atoms with Crippen molar-refractivity contribution in [3.05, 3.63) is 29.9 Å². The summed E-state index contributed by atoms with van der Waals surface area (Å²) in [6.45, 7) is 0.481. The first-order valence-electron chi connectivity index (χ1n) is 7.07. The molecule has 0 unspecified atom stereocenters. The molecule has 0 aliphatic carbocycles. The quantitative estimate of drug-likeness (QED) is 0.723. The second kappa shape index (κ2) is 6.80. The van der Waals surface area contributed by atoms with Crippen molar-refractivity contribution < 1.29 is 14.6 Å². The molecule has 3 aromatic rings. The standard InChI is InChI=1S/C16H17N3O3S/c1-21-12-4-3-10(7-13(12)22-2)11-8-23-16-14(11)15(17-5-6-20)18-9-19-16/h3-4,7-9,20H,5-6H2,1-2H3,(H,17,18,19). The summed E-state index contributed by atoms with van der Waals surface area (Å²) in [5.41, 5.74) is 2.02. The van der Waals surface area contributed by atoms with Gasteiger partial charge in [-0.1, -0.05) is 6.07 Å². The molecule has 6 nitrogen and oxygen atoms in total. The van der Waals surface area contributed by atoms with Crippen molar-refractivity contribution in [2.45, 2.75) is 0 Å². The number of nitrogens with one attached hydrogen (secondary N) is 1. The molecule has 2 heterocycles. The van der Waals surface area contributed by atoms with E-state index in [1.165, 1.54) is 6.33 Å². The molecule has 7 heteroatoms. The molecule has 0 amide bonds. The zero-order valence-corrected chi connectivity index (χ0v) is 13.7. The van der Waals surface area contributed by atoms with Gasteiger partial charge in [0.05, 0.1) is 26.2 Å². The van der Waals surface area contributed by atoms with Crippen LogP contribution < -0.4 is 14.8 Å². The van der Waals surface area contributed by atoms with Gasteiger partial charge in [0.2, 0.25) is 0 Å². The maximum Gasteiger partial charge on any atom is 0.161 e. The first kappa shape index (κ1) is 15.5. The maximum absolute atomic E-state index is 9.03. The number of nitrogens with zero attached hydrogens (tertiary/aromatic N) is 2. The maximum atomic E-state index is 9.03. The average Bonchev–Trinajstić information content (AvgIpc) is 3.04. The van der Waals surface area contributed by atoms with Crippen LogP contribution >= 0.6 is 11.3 Å². The van der Waals surface area contributed by atoms with Crippen LogP contribution in [0.25, 0.3) is 21.3 Å². The Bertz CT molecular complexity index is 819. The van der Waals surface area contributed by atoms with Crippen molar-refractivity contribution in [2.24, 2.45) is 0 Å². The van der Waals surface area contributed by atoms with E-state index in [0.717, 1.165) is 27.2 Å². The summed E-state index contributed by atoms with van der Waals surface area (Å²) in [4.78, 5) is 9.51. The normalized spacial score (nSPS) is 10.7. The Morgan fingerprint density at radius 2 is 2.00 bits per heavy atom. The highest BCUT2D eigenvalue weighted by atomic mass is 32.1. The van der Waals surface area contributed by atoms with Gasteiger partial charge in [-0.15, -0.1) is 11.3 Å². The number of rotatable bonds is 6. The second-order valence-electron chi connectivity index (χ2n) is 4.77. The Morgan fingerprint density at radius 3 is 2.74 bits per heavy atom. The summed E-state index contributed by atoms with van der Waals surface area (Å²) >= 11 is 1.55. The Hall–Kier alpha value is -2.38. The topological polar surface area (TPSA) is 76.5 Å². The van der Waals surface area contributed by atoms with Gasteiger partial charge in [0, 0.05) is 17.5 Å². The lowest BCUT2D eigenvalue weighted by Gasteiger charge is -2.10. The molecule has 0 spiro atoms. The molecule has 0 radical (unpaired) electrons. The van der Waals surface area contributed by atoms with Crippen LogP contribution in [0.5, 0.6) is 11.5 Å². The third-order valence-electron chi connectivity index (χ3n) is 3.47. The summed E-state index contributed by atoms with van der Waals surface area (Å²) in [6.07, 6.45) is 1.52. The Balaban J connectivity index is 2.13. The third kappa shape index (κ3) is 2.93. The predicted molar refractivity (Wildman–Crippen MR) is 91.5 cm³/mol. The number of aliphatic hydroxyl groups excluding tert-OH is 1. The largest absolute Gasteiger partial charge is 0.493 e. The lowest BCUT2D eigenvalue weighted by Crippen LogP contribution is -2.07. The smallest absolute Gasteiger partial charge is 0.161 e. The lowest BCUT2D eigenvalue weighted by molar-refractivity contribution is 0.311. The highest BCUT2D eigenvalue weighted by Gasteiger charge is 2.14. The molecule has 0 fully saturated rings. The predicted octanol–water partition coefficient (Wildman–Crippen LogP) is 2.78. The molecule has 0 atom stereocenters. The molecule has 23 heavy (non-hydrogen) atoms. The van der Waals surface area contributed by atoms with E-state index >= 15 is 0 Å². The number of thiophene rings is 1. The first-order chi connectivity index (χ1) is 11.3. The molecule has 2 aromatic heterocycles. The van der Waals surface area contributed by atoms with Gasteiger partial charge in [0.15, 0.2) is 11.5 Å². The van der Waals surface area contributed by atoms with Crippen molar-refractivity contribution in [1.82, 2.24) is 9.97 Å². The molecule has 1 aromatic carbocycles. The zero-order chi connectivity index (χ0) is 16.2. The van der Waals surface area contributed by atoms with E-state index in [1.54, 1.807) is 25.6 Å². The van der Waals surface area contributed by atoms with Crippen LogP contribution in [0.2, 0.25) is 0 Å². The van der Waals surface area contributed by atoms with Crippen LogP contribution in [0.3, 0.4) is 0 Å². The van der Waals surface area contributed by atoms with Gasteiger partial charge in [-0.25, -0.2) is 9.97 Å². The van der Waals surface area contributed by atoms with E-state index < -0.39 is 0 Å². The summed E-state index contributed by atoms with van der Waals surface area (Å²) in [5, 5.41) is 15.2. The minimum absolute atomic E-state index is 0.0430. The molecule has 3 rings (SSSR count). The molecular weight excluding hydrogens is 314 g/mol. The molecule has 0 bridgehead atoms. The second-order valence-corrected chi connectivity index (χ2v) is 5.63. The van der Waals surface area contributed by atoms with Gasteiger partial charge < -0.3 is 19.9 Å². The van der Waals surface area contributed by atoms with E-state index in [1.807, 2.05) is 23.6 Å². The monoisotopic (exact) mass is 331 g/mol. The zero-order valence-electron chi connectivity index (χ0n) is 12.9. The van der Waals surface area contributed by atoms with E-state index in [4.69, 9.17) is 14.6 Å². The third-order valence-corrected chi connectivity index (χ3v) is 4.36. The number of aromatic nitrogens is 2. The number of fused-ring (bicyclic) bond motifs is 1. The van der Waals surface area contributed by atoms with Gasteiger partial charge in [0.25, 0.3) is 0 Å². The minimum atomic E-state index is 0.0430. The summed E-state index contributed by atoms with van der Waals surface area (Å²) in [7, 11) is 3.23. The van der Waals surface area contributed by atoms with Crippen LogP contribution in [0.1, 0.15) is 0 Å². The van der Waals surface area contributed by atoms with Crippen LogP contribution in [0, 0.1) is 0 Å². The van der Waals surface area contributed by atoms with Gasteiger partial charge in [-0.05, 0) is 17.7 Å². The Morgan fingerprint density at radius 1 is 1.17 bits per heavy atom. The number of ether oxygens (including phenoxy) is 2. The van der Waals surface area contributed by atoms with Gasteiger partial charge in [-0.2, -0.15) is 0 Å². The fourth-order valence-electron chi connectivity index (χ4n) is 2.40. The number of aliphatic hydroxyl groups is 1. The van der Waals surface area contributed by atoms with Crippen molar-refractivity contribution in [3.8, 4) is 22.6 Å². The number of hydrogen-bond donors (Lipinski definition) is 2.